The van der Waals surface area contributed by atoms with E-state index in [2.05, 4.69) is 61.3 Å². The van der Waals surface area contributed by atoms with Crippen LogP contribution >= 0.6 is 0 Å². The smallest absolute Gasteiger partial charge is 0.0195 e. The maximum absolute atomic E-state index is 3.55. The summed E-state index contributed by atoms with van der Waals surface area (Å²) in [5, 5.41) is 3.55. The molecule has 0 amide bonds. The Kier molecular flexibility index (Phi) is 4.79. The Morgan fingerprint density at radius 3 is 2.72 bits per heavy atom. The van der Waals surface area contributed by atoms with Gasteiger partial charge in [-0.2, -0.15) is 0 Å². The SMILES string of the molecule is CC1CN(C(C)CCc2ccccc2)C(C)CN1. The van der Waals surface area contributed by atoms with Crippen molar-refractivity contribution in [2.75, 3.05) is 13.1 Å². The highest BCUT2D eigenvalue weighted by atomic mass is 15.2. The van der Waals surface area contributed by atoms with Crippen LogP contribution in [0.4, 0.5) is 0 Å². The standard InChI is InChI=1S/C16H26N2/c1-13-12-18(15(3)11-17-13)14(2)9-10-16-7-5-4-6-8-16/h4-8,13-15,17H,9-12H2,1-3H3. The van der Waals surface area contributed by atoms with Gasteiger partial charge >= 0.3 is 0 Å². The minimum Gasteiger partial charge on any atom is -0.311 e. The lowest BCUT2D eigenvalue weighted by Gasteiger charge is -2.41. The number of nitrogens with zero attached hydrogens (tertiary/aromatic N) is 1. The number of nitrogens with one attached hydrogen (secondary N) is 1. The summed E-state index contributed by atoms with van der Waals surface area (Å²) >= 11 is 0. The molecular formula is C16H26N2. The first-order chi connectivity index (χ1) is 8.66. The van der Waals surface area contributed by atoms with Gasteiger partial charge < -0.3 is 5.32 Å². The predicted molar refractivity (Wildman–Crippen MR) is 77.9 cm³/mol. The summed E-state index contributed by atoms with van der Waals surface area (Å²) in [6.07, 6.45) is 2.44. The normalized spacial score (nSPS) is 27.1. The Labute approximate surface area is 111 Å². The monoisotopic (exact) mass is 246 g/mol. The second kappa shape index (κ2) is 6.35. The summed E-state index contributed by atoms with van der Waals surface area (Å²) in [6.45, 7) is 9.28. The third-order valence-corrected chi connectivity index (χ3v) is 4.07. The molecule has 1 aromatic rings. The number of benzene rings is 1. The Balaban J connectivity index is 1.85. The fraction of sp³-hybridized carbons (Fsp3) is 0.625. The average Bonchev–Trinajstić information content (AvgIpc) is 2.40. The van der Waals surface area contributed by atoms with E-state index in [4.69, 9.17) is 0 Å². The molecule has 3 unspecified atom stereocenters. The average molecular weight is 246 g/mol. The van der Waals surface area contributed by atoms with Crippen LogP contribution < -0.4 is 5.32 Å². The molecule has 0 bridgehead atoms. The maximum Gasteiger partial charge on any atom is 0.0195 e. The van der Waals surface area contributed by atoms with Gasteiger partial charge in [-0.1, -0.05) is 30.3 Å². The summed E-state index contributed by atoms with van der Waals surface area (Å²) in [5.41, 5.74) is 1.46. The molecule has 1 aromatic carbocycles. The first kappa shape index (κ1) is 13.6. The van der Waals surface area contributed by atoms with Gasteiger partial charge in [0.05, 0.1) is 0 Å². The third kappa shape index (κ3) is 3.56. The van der Waals surface area contributed by atoms with E-state index in [1.54, 1.807) is 0 Å². The first-order valence-corrected chi connectivity index (χ1v) is 7.20. The molecule has 0 aromatic heterocycles. The third-order valence-electron chi connectivity index (χ3n) is 4.07. The zero-order chi connectivity index (χ0) is 13.0. The predicted octanol–water partition coefficient (Wildman–Crippen LogP) is 2.69. The van der Waals surface area contributed by atoms with Gasteiger partial charge in [-0.3, -0.25) is 4.90 Å². The molecule has 1 N–H and O–H groups in total. The van der Waals surface area contributed by atoms with Crippen molar-refractivity contribution in [1.82, 2.24) is 10.2 Å². The van der Waals surface area contributed by atoms with Crippen LogP contribution in [-0.4, -0.2) is 36.1 Å². The summed E-state index contributed by atoms with van der Waals surface area (Å²) in [6, 6.07) is 12.8. The Hall–Kier alpha value is -0.860. The van der Waals surface area contributed by atoms with Crippen molar-refractivity contribution >= 4 is 0 Å². The van der Waals surface area contributed by atoms with Gasteiger partial charge in [-0.15, -0.1) is 0 Å². The zero-order valence-electron chi connectivity index (χ0n) is 11.9. The number of rotatable bonds is 4. The van der Waals surface area contributed by atoms with Crippen molar-refractivity contribution in [3.63, 3.8) is 0 Å². The lowest BCUT2D eigenvalue weighted by atomic mass is 10.0. The topological polar surface area (TPSA) is 15.3 Å². The van der Waals surface area contributed by atoms with Crippen LogP contribution in [0.3, 0.4) is 0 Å². The minimum atomic E-state index is 0.625. The van der Waals surface area contributed by atoms with Crippen LogP contribution in [0.15, 0.2) is 30.3 Å². The quantitative estimate of drug-likeness (QED) is 0.878. The highest BCUT2D eigenvalue weighted by Crippen LogP contribution is 2.15. The number of aryl methyl sites for hydroxylation is 1. The first-order valence-electron chi connectivity index (χ1n) is 7.20. The lowest BCUT2D eigenvalue weighted by molar-refractivity contribution is 0.0989. The van der Waals surface area contributed by atoms with Gasteiger partial charge in [0.15, 0.2) is 0 Å². The molecule has 0 spiro atoms. The molecule has 2 rings (SSSR count). The molecule has 18 heavy (non-hydrogen) atoms. The van der Waals surface area contributed by atoms with E-state index in [0.29, 0.717) is 18.1 Å². The molecule has 1 aliphatic rings. The van der Waals surface area contributed by atoms with Crippen molar-refractivity contribution < 1.29 is 0 Å². The minimum absolute atomic E-state index is 0.625. The maximum atomic E-state index is 3.55. The molecular weight excluding hydrogens is 220 g/mol. The number of hydrogen-bond donors (Lipinski definition) is 1. The fourth-order valence-electron chi connectivity index (χ4n) is 2.85. The van der Waals surface area contributed by atoms with Crippen LogP contribution in [0.5, 0.6) is 0 Å². The molecule has 1 aliphatic heterocycles. The van der Waals surface area contributed by atoms with Crippen LogP contribution in [0.1, 0.15) is 32.8 Å². The largest absolute Gasteiger partial charge is 0.311 e. The second-order valence-corrected chi connectivity index (χ2v) is 5.73. The second-order valence-electron chi connectivity index (χ2n) is 5.73. The Morgan fingerprint density at radius 1 is 1.28 bits per heavy atom. The summed E-state index contributed by atoms with van der Waals surface area (Å²) in [4.78, 5) is 2.66. The molecule has 0 saturated carbocycles. The lowest BCUT2D eigenvalue weighted by Crippen LogP contribution is -2.57. The van der Waals surface area contributed by atoms with E-state index >= 15 is 0 Å². The van der Waals surface area contributed by atoms with Crippen molar-refractivity contribution in [2.24, 2.45) is 0 Å². The van der Waals surface area contributed by atoms with Crippen molar-refractivity contribution in [1.29, 1.82) is 0 Å². The molecule has 1 fully saturated rings. The van der Waals surface area contributed by atoms with Crippen LogP contribution in [0.25, 0.3) is 0 Å². The van der Waals surface area contributed by atoms with E-state index < -0.39 is 0 Å². The summed E-state index contributed by atoms with van der Waals surface area (Å²) < 4.78 is 0. The van der Waals surface area contributed by atoms with E-state index in [1.165, 1.54) is 24.9 Å². The van der Waals surface area contributed by atoms with E-state index in [0.717, 1.165) is 6.54 Å². The van der Waals surface area contributed by atoms with Gasteiger partial charge in [0.25, 0.3) is 0 Å². The van der Waals surface area contributed by atoms with Crippen molar-refractivity contribution in [3.8, 4) is 0 Å². The zero-order valence-corrected chi connectivity index (χ0v) is 11.9. The van der Waals surface area contributed by atoms with E-state index in [-0.39, 0.29) is 0 Å². The van der Waals surface area contributed by atoms with Gasteiger partial charge in [0.1, 0.15) is 0 Å². The molecule has 2 heteroatoms. The molecule has 2 nitrogen and oxygen atoms in total. The van der Waals surface area contributed by atoms with Gasteiger partial charge in [0, 0.05) is 31.2 Å². The molecule has 100 valence electrons. The summed E-state index contributed by atoms with van der Waals surface area (Å²) in [7, 11) is 0. The molecule has 3 atom stereocenters. The molecule has 0 radical (unpaired) electrons. The van der Waals surface area contributed by atoms with Gasteiger partial charge in [-0.25, -0.2) is 0 Å². The van der Waals surface area contributed by atoms with Gasteiger partial charge in [0.2, 0.25) is 0 Å². The van der Waals surface area contributed by atoms with Gasteiger partial charge in [-0.05, 0) is 39.2 Å². The van der Waals surface area contributed by atoms with Crippen LogP contribution in [0, 0.1) is 0 Å². The summed E-state index contributed by atoms with van der Waals surface area (Å²) in [5.74, 6) is 0. The number of piperazine rings is 1. The fourth-order valence-corrected chi connectivity index (χ4v) is 2.85. The van der Waals surface area contributed by atoms with Crippen molar-refractivity contribution in [2.45, 2.75) is 51.7 Å². The van der Waals surface area contributed by atoms with E-state index in [1.807, 2.05) is 0 Å². The van der Waals surface area contributed by atoms with Crippen molar-refractivity contribution in [3.05, 3.63) is 35.9 Å². The molecule has 1 saturated heterocycles. The Bertz CT molecular complexity index is 349. The highest BCUT2D eigenvalue weighted by molar-refractivity contribution is 5.14. The number of hydrogen-bond acceptors (Lipinski definition) is 2. The molecule has 0 aliphatic carbocycles. The Morgan fingerprint density at radius 2 is 2.00 bits per heavy atom. The highest BCUT2D eigenvalue weighted by Gasteiger charge is 2.25. The molecule has 1 heterocycles. The van der Waals surface area contributed by atoms with Crippen LogP contribution in [-0.2, 0) is 6.42 Å². The van der Waals surface area contributed by atoms with Crippen LogP contribution in [0.2, 0.25) is 0 Å². The van der Waals surface area contributed by atoms with E-state index in [9.17, 15) is 0 Å².